The first-order valence-corrected chi connectivity index (χ1v) is 11.4. The molecule has 0 radical (unpaired) electrons. The van der Waals surface area contributed by atoms with Crippen LogP contribution in [-0.4, -0.2) is 20.3 Å². The molecule has 1 aliphatic carbocycles. The number of nitro groups is 1. The van der Waals surface area contributed by atoms with E-state index in [1.54, 1.807) is 12.1 Å². The zero-order valence-corrected chi connectivity index (χ0v) is 18.3. The van der Waals surface area contributed by atoms with E-state index in [-0.39, 0.29) is 10.6 Å². The van der Waals surface area contributed by atoms with Gasteiger partial charge in [0.1, 0.15) is 18.1 Å². The average molecular weight is 443 g/mol. The molecule has 0 atom stereocenters. The quantitative estimate of drug-likeness (QED) is 0.271. The maximum absolute atomic E-state index is 11.8. The number of fused-ring (bicyclic) bond motifs is 1. The zero-order chi connectivity index (χ0) is 22.6. The highest BCUT2D eigenvalue weighted by Crippen LogP contribution is 2.38. The monoisotopic (exact) mass is 442 g/mol. The van der Waals surface area contributed by atoms with Crippen molar-refractivity contribution in [2.45, 2.75) is 44.8 Å². The summed E-state index contributed by atoms with van der Waals surface area (Å²) >= 11 is 0. The highest BCUT2D eigenvalue weighted by Gasteiger charge is 2.25. The molecule has 2 aromatic heterocycles. The molecule has 2 aromatic carbocycles. The number of ether oxygens (including phenoxy) is 1. The number of para-hydroxylation sites is 1. The number of anilines is 1. The number of nitrogens with one attached hydrogen (secondary N) is 1. The SMILES string of the molecule is O=[N+]([O-])c1ccccc1-c1nc2c(OCc3ccccc3)cccn2c1NC1CCCCC1. The number of benzene rings is 2. The summed E-state index contributed by atoms with van der Waals surface area (Å²) in [6, 6.07) is 20.9. The van der Waals surface area contributed by atoms with Crippen molar-refractivity contribution in [2.24, 2.45) is 0 Å². The van der Waals surface area contributed by atoms with Gasteiger partial charge in [-0.15, -0.1) is 0 Å². The van der Waals surface area contributed by atoms with E-state index in [1.165, 1.54) is 25.3 Å². The predicted octanol–water partition coefficient (Wildman–Crippen LogP) is 6.23. The Balaban J connectivity index is 1.60. The van der Waals surface area contributed by atoms with Gasteiger partial charge in [-0.25, -0.2) is 4.98 Å². The van der Waals surface area contributed by atoms with Gasteiger partial charge in [0.15, 0.2) is 11.4 Å². The van der Waals surface area contributed by atoms with Crippen molar-refractivity contribution < 1.29 is 9.66 Å². The minimum Gasteiger partial charge on any atom is -0.485 e. The van der Waals surface area contributed by atoms with Gasteiger partial charge in [-0.3, -0.25) is 14.5 Å². The van der Waals surface area contributed by atoms with Crippen LogP contribution < -0.4 is 10.1 Å². The molecule has 7 nitrogen and oxygen atoms in total. The van der Waals surface area contributed by atoms with Gasteiger partial charge < -0.3 is 10.1 Å². The van der Waals surface area contributed by atoms with E-state index in [0.717, 1.165) is 24.2 Å². The molecule has 168 valence electrons. The molecule has 0 saturated heterocycles. The standard InChI is InChI=1S/C26H26N4O3/c31-30(32)22-15-8-7-14-21(22)24-26(27-20-12-5-2-6-13-20)29-17-9-16-23(25(29)28-24)33-18-19-10-3-1-4-11-19/h1,3-4,7-11,14-17,20,27H,2,5-6,12-13,18H2. The van der Waals surface area contributed by atoms with Gasteiger partial charge in [0.05, 0.1) is 10.5 Å². The average Bonchev–Trinajstić information content (AvgIpc) is 3.22. The van der Waals surface area contributed by atoms with Gasteiger partial charge in [0, 0.05) is 18.3 Å². The first-order chi connectivity index (χ1) is 16.2. The smallest absolute Gasteiger partial charge is 0.278 e. The Hall–Kier alpha value is -3.87. The Bertz CT molecular complexity index is 1260. The maximum atomic E-state index is 11.8. The first-order valence-electron chi connectivity index (χ1n) is 11.4. The van der Waals surface area contributed by atoms with E-state index in [4.69, 9.17) is 9.72 Å². The molecular weight excluding hydrogens is 416 g/mol. The minimum absolute atomic E-state index is 0.0411. The third kappa shape index (κ3) is 4.39. The maximum Gasteiger partial charge on any atom is 0.278 e. The summed E-state index contributed by atoms with van der Waals surface area (Å²) in [6.07, 6.45) is 7.70. The number of hydrogen-bond acceptors (Lipinski definition) is 5. The molecule has 1 N–H and O–H groups in total. The van der Waals surface area contributed by atoms with Gasteiger partial charge in [-0.2, -0.15) is 0 Å². The summed E-state index contributed by atoms with van der Waals surface area (Å²) in [5, 5.41) is 15.4. The molecule has 4 aromatic rings. The Morgan fingerprint density at radius 2 is 1.76 bits per heavy atom. The Morgan fingerprint density at radius 3 is 2.55 bits per heavy atom. The van der Waals surface area contributed by atoms with E-state index in [1.807, 2.05) is 59.1 Å². The third-order valence-electron chi connectivity index (χ3n) is 6.15. The van der Waals surface area contributed by atoms with E-state index >= 15 is 0 Å². The molecule has 7 heteroatoms. The van der Waals surface area contributed by atoms with Crippen LogP contribution in [0.5, 0.6) is 5.75 Å². The zero-order valence-electron chi connectivity index (χ0n) is 18.3. The van der Waals surface area contributed by atoms with Gasteiger partial charge in [0.25, 0.3) is 5.69 Å². The van der Waals surface area contributed by atoms with Crippen molar-refractivity contribution in [2.75, 3.05) is 5.32 Å². The topological polar surface area (TPSA) is 81.7 Å². The molecule has 5 rings (SSSR count). The van der Waals surface area contributed by atoms with E-state index in [9.17, 15) is 10.1 Å². The molecule has 0 bridgehead atoms. The fourth-order valence-corrected chi connectivity index (χ4v) is 4.49. The van der Waals surface area contributed by atoms with Gasteiger partial charge >= 0.3 is 0 Å². The third-order valence-corrected chi connectivity index (χ3v) is 6.15. The van der Waals surface area contributed by atoms with Crippen LogP contribution in [-0.2, 0) is 6.61 Å². The second-order valence-corrected chi connectivity index (χ2v) is 8.40. The van der Waals surface area contributed by atoms with Crippen LogP contribution >= 0.6 is 0 Å². The van der Waals surface area contributed by atoms with E-state index < -0.39 is 0 Å². The molecule has 0 unspecified atom stereocenters. The Kier molecular flexibility index (Phi) is 5.93. The molecule has 1 fully saturated rings. The van der Waals surface area contributed by atoms with Crippen LogP contribution in [0.4, 0.5) is 11.5 Å². The fraction of sp³-hybridized carbons (Fsp3) is 0.269. The van der Waals surface area contributed by atoms with Crippen molar-refractivity contribution in [1.82, 2.24) is 9.38 Å². The number of pyridine rings is 1. The predicted molar refractivity (Wildman–Crippen MR) is 129 cm³/mol. The number of aromatic nitrogens is 2. The normalized spacial score (nSPS) is 14.3. The Labute approximate surface area is 192 Å². The molecular formula is C26H26N4O3. The van der Waals surface area contributed by atoms with Crippen molar-refractivity contribution in [3.8, 4) is 17.0 Å². The largest absolute Gasteiger partial charge is 0.485 e. The lowest BCUT2D eigenvalue weighted by Gasteiger charge is -2.24. The highest BCUT2D eigenvalue weighted by atomic mass is 16.6. The second kappa shape index (κ2) is 9.32. The summed E-state index contributed by atoms with van der Waals surface area (Å²) in [4.78, 5) is 16.3. The van der Waals surface area contributed by atoms with Crippen LogP contribution in [0.1, 0.15) is 37.7 Å². The molecule has 0 aliphatic heterocycles. The molecule has 0 spiro atoms. The lowest BCUT2D eigenvalue weighted by atomic mass is 9.95. The first kappa shape index (κ1) is 21.0. The molecule has 0 amide bonds. The fourth-order valence-electron chi connectivity index (χ4n) is 4.49. The summed E-state index contributed by atoms with van der Waals surface area (Å²) < 4.78 is 8.09. The second-order valence-electron chi connectivity index (χ2n) is 8.40. The number of nitrogens with zero attached hydrogens (tertiary/aromatic N) is 3. The number of nitro benzene ring substituents is 1. The molecule has 33 heavy (non-hydrogen) atoms. The van der Waals surface area contributed by atoms with Crippen molar-refractivity contribution in [3.63, 3.8) is 0 Å². The minimum atomic E-state index is -0.351. The van der Waals surface area contributed by atoms with Crippen molar-refractivity contribution >= 4 is 17.2 Å². The molecule has 2 heterocycles. The van der Waals surface area contributed by atoms with Crippen LogP contribution in [0.2, 0.25) is 0 Å². The summed E-state index contributed by atoms with van der Waals surface area (Å²) in [5.41, 5.74) is 2.81. The lowest BCUT2D eigenvalue weighted by Crippen LogP contribution is -2.23. The van der Waals surface area contributed by atoms with E-state index in [2.05, 4.69) is 5.32 Å². The number of rotatable bonds is 7. The summed E-state index contributed by atoms with van der Waals surface area (Å²) in [6.45, 7) is 0.416. The van der Waals surface area contributed by atoms with Crippen LogP contribution in [0.25, 0.3) is 16.9 Å². The molecule has 1 aliphatic rings. The number of imidazole rings is 1. The lowest BCUT2D eigenvalue weighted by molar-refractivity contribution is -0.384. The van der Waals surface area contributed by atoms with Crippen LogP contribution in [0.3, 0.4) is 0 Å². The van der Waals surface area contributed by atoms with Gasteiger partial charge in [-0.1, -0.05) is 61.7 Å². The van der Waals surface area contributed by atoms with Gasteiger partial charge in [0.2, 0.25) is 0 Å². The highest BCUT2D eigenvalue weighted by molar-refractivity contribution is 5.83. The van der Waals surface area contributed by atoms with Gasteiger partial charge in [-0.05, 0) is 36.6 Å². The van der Waals surface area contributed by atoms with Crippen molar-refractivity contribution in [1.29, 1.82) is 0 Å². The summed E-state index contributed by atoms with van der Waals surface area (Å²) in [7, 11) is 0. The summed E-state index contributed by atoms with van der Waals surface area (Å²) in [5.74, 6) is 1.41. The van der Waals surface area contributed by atoms with Crippen LogP contribution in [0, 0.1) is 10.1 Å². The van der Waals surface area contributed by atoms with E-state index in [0.29, 0.717) is 35.3 Å². The molecule has 1 saturated carbocycles. The Morgan fingerprint density at radius 1 is 1.00 bits per heavy atom. The van der Waals surface area contributed by atoms with Crippen molar-refractivity contribution in [3.05, 3.63) is 88.6 Å². The van der Waals surface area contributed by atoms with Crippen LogP contribution in [0.15, 0.2) is 72.9 Å². The number of hydrogen-bond donors (Lipinski definition) is 1.